The molecule has 0 spiro atoms. The average molecular weight is 344 g/mol. The van der Waals surface area contributed by atoms with Gasteiger partial charge < -0.3 is 14.7 Å². The van der Waals surface area contributed by atoms with E-state index in [0.29, 0.717) is 12.3 Å². The molecule has 130 valence electrons. The monoisotopic (exact) mass is 344 g/mol. The summed E-state index contributed by atoms with van der Waals surface area (Å²) >= 11 is 0. The summed E-state index contributed by atoms with van der Waals surface area (Å²) in [6.45, 7) is 6.38. The maximum Gasteiger partial charge on any atom is 0.335 e. The molecule has 0 aromatic heterocycles. The first-order valence-corrected chi connectivity index (χ1v) is 9.20. The summed E-state index contributed by atoms with van der Waals surface area (Å²) < 4.78 is 30.7. The molecule has 0 bridgehead atoms. The summed E-state index contributed by atoms with van der Waals surface area (Å²) in [5.41, 5.74) is 0.249. The minimum Gasteiger partial charge on any atom is -0.495 e. The van der Waals surface area contributed by atoms with E-state index in [-0.39, 0.29) is 17.8 Å². The number of ether oxygens (including phenoxy) is 1. The predicted octanol–water partition coefficient (Wildman–Crippen LogP) is 1.50. The number of hydrogen-bond donors (Lipinski definition) is 1. The molecule has 0 aliphatic carbocycles. The number of nitrogens with zero attached hydrogens (tertiary/aromatic N) is 2. The normalized spacial score (nSPS) is 11.5. The molecule has 0 aliphatic heterocycles. The predicted molar refractivity (Wildman–Crippen MR) is 89.9 cm³/mol. The number of likely N-dealkylation sites (N-methyl/N-ethyl adjacent to an activating group) is 1. The molecule has 0 heterocycles. The fraction of sp³-hybridized carbons (Fsp3) is 0.533. The maximum absolute atomic E-state index is 12.2. The van der Waals surface area contributed by atoms with Gasteiger partial charge in [0, 0.05) is 13.1 Å². The summed E-state index contributed by atoms with van der Waals surface area (Å²) in [6.07, 6.45) is 1.10. The molecule has 1 aromatic rings. The Balaban J connectivity index is 3.26. The standard InChI is InChI=1S/C15H24N2O5S/c1-5-16(6-2)9-10-17(23(4,20)21)13-11-12(15(18)19)7-8-14(13)22-3/h7-8,11H,5-6,9-10H2,1-4H3,(H,18,19). The minimum absolute atomic E-state index is 0.0114. The molecule has 1 N–H and O–H groups in total. The van der Waals surface area contributed by atoms with E-state index in [0.717, 1.165) is 19.3 Å². The Hall–Kier alpha value is -1.80. The molecule has 0 radical (unpaired) electrons. The van der Waals surface area contributed by atoms with Gasteiger partial charge in [-0.15, -0.1) is 0 Å². The second-order valence-electron chi connectivity index (χ2n) is 5.05. The molecule has 0 saturated heterocycles. The van der Waals surface area contributed by atoms with Crippen LogP contribution in [-0.4, -0.2) is 63.9 Å². The van der Waals surface area contributed by atoms with Gasteiger partial charge in [-0.2, -0.15) is 0 Å². The number of benzene rings is 1. The highest BCUT2D eigenvalue weighted by atomic mass is 32.2. The van der Waals surface area contributed by atoms with Gasteiger partial charge in [0.15, 0.2) is 0 Å². The van der Waals surface area contributed by atoms with Gasteiger partial charge in [-0.1, -0.05) is 13.8 Å². The van der Waals surface area contributed by atoms with E-state index in [1.165, 1.54) is 29.6 Å². The van der Waals surface area contributed by atoms with Gasteiger partial charge in [0.25, 0.3) is 0 Å². The van der Waals surface area contributed by atoms with Crippen LogP contribution in [0.15, 0.2) is 18.2 Å². The van der Waals surface area contributed by atoms with Crippen molar-refractivity contribution in [2.24, 2.45) is 0 Å². The highest BCUT2D eigenvalue weighted by molar-refractivity contribution is 7.92. The SMILES string of the molecule is CCN(CC)CCN(c1cc(C(=O)O)ccc1OC)S(C)(=O)=O. The Kier molecular flexibility index (Phi) is 6.83. The number of aromatic carboxylic acids is 1. The third kappa shape index (κ3) is 5.11. The maximum atomic E-state index is 12.2. The van der Waals surface area contributed by atoms with E-state index in [1.54, 1.807) is 0 Å². The zero-order valence-corrected chi connectivity index (χ0v) is 14.8. The highest BCUT2D eigenvalue weighted by Gasteiger charge is 2.23. The smallest absolute Gasteiger partial charge is 0.335 e. The van der Waals surface area contributed by atoms with Crippen molar-refractivity contribution in [3.8, 4) is 5.75 Å². The van der Waals surface area contributed by atoms with Gasteiger partial charge >= 0.3 is 5.97 Å². The molecular formula is C15H24N2O5S. The number of methoxy groups -OCH3 is 1. The van der Waals surface area contributed by atoms with E-state index < -0.39 is 16.0 Å². The topological polar surface area (TPSA) is 87.2 Å². The van der Waals surface area contributed by atoms with Gasteiger partial charge in [0.1, 0.15) is 5.75 Å². The van der Waals surface area contributed by atoms with E-state index in [9.17, 15) is 13.2 Å². The molecule has 0 unspecified atom stereocenters. The molecule has 0 atom stereocenters. The zero-order chi connectivity index (χ0) is 17.6. The first-order chi connectivity index (χ1) is 10.7. The molecular weight excluding hydrogens is 320 g/mol. The van der Waals surface area contributed by atoms with Crippen LogP contribution in [0.3, 0.4) is 0 Å². The van der Waals surface area contributed by atoms with Gasteiger partial charge in [0.05, 0.1) is 24.6 Å². The first kappa shape index (κ1) is 19.2. The van der Waals surface area contributed by atoms with Crippen LogP contribution in [0.2, 0.25) is 0 Å². The summed E-state index contributed by atoms with van der Waals surface area (Å²) in [6, 6.07) is 4.17. The lowest BCUT2D eigenvalue weighted by atomic mass is 10.2. The lowest BCUT2D eigenvalue weighted by Crippen LogP contribution is -2.38. The van der Waals surface area contributed by atoms with Crippen molar-refractivity contribution < 1.29 is 23.1 Å². The third-order valence-electron chi connectivity index (χ3n) is 3.61. The number of carboxylic acids is 1. The minimum atomic E-state index is -3.57. The Morgan fingerprint density at radius 1 is 1.22 bits per heavy atom. The molecule has 0 aliphatic rings. The lowest BCUT2D eigenvalue weighted by molar-refractivity contribution is 0.0697. The van der Waals surface area contributed by atoms with Gasteiger partial charge in [-0.25, -0.2) is 13.2 Å². The third-order valence-corrected chi connectivity index (χ3v) is 4.79. The summed E-state index contributed by atoms with van der Waals surface area (Å²) in [7, 11) is -2.15. The molecule has 1 rings (SSSR count). The van der Waals surface area contributed by atoms with Gasteiger partial charge in [0.2, 0.25) is 10.0 Å². The fourth-order valence-corrected chi connectivity index (χ4v) is 3.17. The zero-order valence-electron chi connectivity index (χ0n) is 13.9. The summed E-state index contributed by atoms with van der Waals surface area (Å²) in [5.74, 6) is -0.800. The van der Waals surface area contributed by atoms with Crippen LogP contribution in [0.1, 0.15) is 24.2 Å². The number of carbonyl (C=O) groups is 1. The van der Waals surface area contributed by atoms with E-state index >= 15 is 0 Å². The quantitative estimate of drug-likeness (QED) is 0.730. The number of rotatable bonds is 9. The van der Waals surface area contributed by atoms with E-state index in [1.807, 2.05) is 13.8 Å². The average Bonchev–Trinajstić information content (AvgIpc) is 2.49. The van der Waals surface area contributed by atoms with Crippen LogP contribution in [-0.2, 0) is 10.0 Å². The second kappa shape index (κ2) is 8.16. The van der Waals surface area contributed by atoms with E-state index in [4.69, 9.17) is 9.84 Å². The molecule has 0 fully saturated rings. The molecule has 8 heteroatoms. The number of sulfonamides is 1. The highest BCUT2D eigenvalue weighted by Crippen LogP contribution is 2.31. The number of anilines is 1. The first-order valence-electron chi connectivity index (χ1n) is 7.36. The fourth-order valence-electron chi connectivity index (χ4n) is 2.25. The van der Waals surface area contributed by atoms with Crippen LogP contribution in [0.4, 0.5) is 5.69 Å². The Morgan fingerprint density at radius 2 is 1.83 bits per heavy atom. The Bertz CT molecular complexity index is 641. The van der Waals surface area contributed by atoms with Crippen LogP contribution >= 0.6 is 0 Å². The molecule has 1 aromatic carbocycles. The second-order valence-corrected chi connectivity index (χ2v) is 6.96. The largest absolute Gasteiger partial charge is 0.495 e. The van der Waals surface area contributed by atoms with Crippen molar-refractivity contribution in [1.29, 1.82) is 0 Å². The molecule has 7 nitrogen and oxygen atoms in total. The van der Waals surface area contributed by atoms with Crippen molar-refractivity contribution in [1.82, 2.24) is 4.90 Å². The van der Waals surface area contributed by atoms with Crippen LogP contribution in [0.5, 0.6) is 5.75 Å². The van der Waals surface area contributed by atoms with Crippen LogP contribution in [0.25, 0.3) is 0 Å². The Labute approximate surface area is 137 Å². The van der Waals surface area contributed by atoms with Crippen molar-refractivity contribution in [2.75, 3.05) is 43.8 Å². The number of hydrogen-bond acceptors (Lipinski definition) is 5. The van der Waals surface area contributed by atoms with Crippen molar-refractivity contribution in [2.45, 2.75) is 13.8 Å². The summed E-state index contributed by atoms with van der Waals surface area (Å²) in [5, 5.41) is 9.13. The van der Waals surface area contributed by atoms with E-state index in [2.05, 4.69) is 4.90 Å². The lowest BCUT2D eigenvalue weighted by Gasteiger charge is -2.27. The van der Waals surface area contributed by atoms with Crippen LogP contribution in [0, 0.1) is 0 Å². The number of carboxylic acid groups (broad SMARTS) is 1. The molecule has 23 heavy (non-hydrogen) atoms. The van der Waals surface area contributed by atoms with Gasteiger partial charge in [-0.3, -0.25) is 4.31 Å². The van der Waals surface area contributed by atoms with Crippen molar-refractivity contribution in [3.63, 3.8) is 0 Å². The molecule has 0 amide bonds. The van der Waals surface area contributed by atoms with Crippen LogP contribution < -0.4 is 9.04 Å². The van der Waals surface area contributed by atoms with Crippen molar-refractivity contribution >= 4 is 21.7 Å². The van der Waals surface area contributed by atoms with Crippen molar-refractivity contribution in [3.05, 3.63) is 23.8 Å². The summed E-state index contributed by atoms with van der Waals surface area (Å²) in [4.78, 5) is 13.3. The Morgan fingerprint density at radius 3 is 2.26 bits per heavy atom. The van der Waals surface area contributed by atoms with Gasteiger partial charge in [-0.05, 0) is 31.3 Å². The molecule has 0 saturated carbocycles.